The molecule has 0 radical (unpaired) electrons. The molecule has 2 aromatic rings. The van der Waals surface area contributed by atoms with E-state index in [-0.39, 0.29) is 12.5 Å². The lowest BCUT2D eigenvalue weighted by Crippen LogP contribution is -2.46. The number of thioether (sulfide) groups is 1. The highest BCUT2D eigenvalue weighted by atomic mass is 127. The molecule has 172 valence electrons. The van der Waals surface area contributed by atoms with E-state index in [4.69, 9.17) is 9.47 Å². The predicted molar refractivity (Wildman–Crippen MR) is 138 cm³/mol. The van der Waals surface area contributed by atoms with Crippen LogP contribution < -0.4 is 4.74 Å². The van der Waals surface area contributed by atoms with Gasteiger partial charge >= 0.3 is 0 Å². The molecule has 2 fully saturated rings. The maximum atomic E-state index is 12.8. The fourth-order valence-electron chi connectivity index (χ4n) is 3.30. The fraction of sp³-hybridized carbons (Fsp3) is 0.261. The van der Waals surface area contributed by atoms with Gasteiger partial charge in [-0.1, -0.05) is 34.1 Å². The zero-order valence-electron chi connectivity index (χ0n) is 17.5. The summed E-state index contributed by atoms with van der Waals surface area (Å²) in [6.45, 7) is 2.07. The zero-order chi connectivity index (χ0) is 23.4. The monoisotopic (exact) mass is 642 g/mol. The van der Waals surface area contributed by atoms with Crippen LogP contribution in [-0.4, -0.2) is 59.7 Å². The van der Waals surface area contributed by atoms with E-state index in [0.29, 0.717) is 37.8 Å². The maximum absolute atomic E-state index is 12.8. The minimum Gasteiger partial charge on any atom is -0.488 e. The van der Waals surface area contributed by atoms with Crippen molar-refractivity contribution in [3.63, 3.8) is 0 Å². The van der Waals surface area contributed by atoms with Gasteiger partial charge in [0.1, 0.15) is 18.9 Å². The molecule has 7 nitrogen and oxygen atoms in total. The van der Waals surface area contributed by atoms with Crippen molar-refractivity contribution in [2.75, 3.05) is 32.8 Å². The average molecular weight is 643 g/mol. The molecule has 3 amide bonds. The molecule has 2 aromatic carbocycles. The molecule has 4 rings (SSSR count). The summed E-state index contributed by atoms with van der Waals surface area (Å²) in [7, 11) is 0. The Kier molecular flexibility index (Phi) is 8.10. The molecule has 0 unspecified atom stereocenters. The number of nitrogens with zero attached hydrogens (tertiary/aromatic N) is 2. The van der Waals surface area contributed by atoms with Gasteiger partial charge in [-0.05, 0) is 75.8 Å². The third-order valence-corrected chi connectivity index (χ3v) is 7.37. The molecule has 0 aliphatic carbocycles. The second-order valence-electron chi connectivity index (χ2n) is 7.37. The minimum absolute atomic E-state index is 0.247. The van der Waals surface area contributed by atoms with Gasteiger partial charge in [-0.25, -0.2) is 0 Å². The van der Waals surface area contributed by atoms with Crippen molar-refractivity contribution in [1.29, 1.82) is 0 Å². The van der Waals surface area contributed by atoms with Crippen LogP contribution >= 0.6 is 50.3 Å². The van der Waals surface area contributed by atoms with Crippen molar-refractivity contribution >= 4 is 73.4 Å². The Balaban J connectivity index is 1.40. The van der Waals surface area contributed by atoms with Crippen molar-refractivity contribution in [1.82, 2.24) is 9.80 Å². The second kappa shape index (κ2) is 11.0. The van der Waals surface area contributed by atoms with Gasteiger partial charge in [0.25, 0.3) is 11.1 Å². The van der Waals surface area contributed by atoms with E-state index in [1.54, 1.807) is 11.0 Å². The van der Waals surface area contributed by atoms with Gasteiger partial charge in [-0.2, -0.15) is 0 Å². The van der Waals surface area contributed by atoms with Crippen molar-refractivity contribution in [2.45, 2.75) is 6.61 Å². The van der Waals surface area contributed by atoms with Crippen molar-refractivity contribution in [2.24, 2.45) is 0 Å². The molecule has 0 saturated carbocycles. The van der Waals surface area contributed by atoms with Crippen molar-refractivity contribution < 1.29 is 23.9 Å². The number of carbonyl (C=O) groups excluding carboxylic acids is 3. The first-order valence-electron chi connectivity index (χ1n) is 10.2. The highest BCUT2D eigenvalue weighted by molar-refractivity contribution is 14.1. The number of halogens is 2. The van der Waals surface area contributed by atoms with E-state index < -0.39 is 11.1 Å². The summed E-state index contributed by atoms with van der Waals surface area (Å²) in [6.07, 6.45) is 1.67. The minimum atomic E-state index is -0.447. The summed E-state index contributed by atoms with van der Waals surface area (Å²) >= 11 is 6.45. The maximum Gasteiger partial charge on any atom is 0.294 e. The van der Waals surface area contributed by atoms with Crippen LogP contribution in [0.25, 0.3) is 6.08 Å². The van der Waals surface area contributed by atoms with Gasteiger partial charge in [0.2, 0.25) is 5.91 Å². The van der Waals surface area contributed by atoms with Crippen molar-refractivity contribution in [3.05, 3.63) is 66.5 Å². The molecule has 0 spiro atoms. The second-order valence-corrected chi connectivity index (χ2v) is 10.4. The molecule has 10 heteroatoms. The van der Waals surface area contributed by atoms with E-state index in [1.807, 2.05) is 42.5 Å². The van der Waals surface area contributed by atoms with Crippen LogP contribution in [0.1, 0.15) is 11.1 Å². The lowest BCUT2D eigenvalue weighted by atomic mass is 10.2. The van der Waals surface area contributed by atoms with Gasteiger partial charge in [0.05, 0.1) is 21.7 Å². The van der Waals surface area contributed by atoms with E-state index in [2.05, 4.69) is 38.5 Å². The first-order chi connectivity index (χ1) is 15.9. The van der Waals surface area contributed by atoms with Crippen LogP contribution in [0.3, 0.4) is 0 Å². The van der Waals surface area contributed by atoms with Crippen LogP contribution in [0.15, 0.2) is 51.8 Å². The smallest absolute Gasteiger partial charge is 0.294 e. The highest BCUT2D eigenvalue weighted by Crippen LogP contribution is 2.33. The largest absolute Gasteiger partial charge is 0.488 e. The van der Waals surface area contributed by atoms with Gasteiger partial charge in [-0.15, -0.1) is 0 Å². The van der Waals surface area contributed by atoms with E-state index in [0.717, 1.165) is 41.6 Å². The highest BCUT2D eigenvalue weighted by Gasteiger charge is 2.37. The number of benzene rings is 2. The average Bonchev–Trinajstić information content (AvgIpc) is 3.07. The van der Waals surface area contributed by atoms with Crippen LogP contribution in [-0.2, 0) is 20.9 Å². The molecule has 0 atom stereocenters. The first kappa shape index (κ1) is 24.2. The number of rotatable bonds is 6. The lowest BCUT2D eigenvalue weighted by Gasteiger charge is -2.28. The number of imide groups is 1. The SMILES string of the molecule is O=C(CN1C(=O)S/C(=C/c2ccc(OCc3ccc(Br)cc3)c(I)c2)C1=O)N1CCOCC1. The lowest BCUT2D eigenvalue weighted by molar-refractivity contribution is -0.139. The number of hydrogen-bond donors (Lipinski definition) is 0. The molecule has 2 heterocycles. The Hall–Kier alpha value is -1.89. The Morgan fingerprint density at radius 3 is 2.58 bits per heavy atom. The standard InChI is InChI=1S/C23H20BrIN2O5S/c24-17-4-1-15(2-5-17)14-32-19-6-3-16(11-18(19)25)12-20-22(29)27(23(30)33-20)13-21(28)26-7-9-31-10-8-26/h1-6,11-12H,7-10,13-14H2/b20-12+. The Labute approximate surface area is 217 Å². The third kappa shape index (κ3) is 6.17. The molecule has 0 N–H and O–H groups in total. The van der Waals surface area contributed by atoms with Gasteiger partial charge < -0.3 is 14.4 Å². The summed E-state index contributed by atoms with van der Waals surface area (Å²) in [5.41, 5.74) is 1.83. The number of amides is 3. The Morgan fingerprint density at radius 2 is 1.88 bits per heavy atom. The van der Waals surface area contributed by atoms with E-state index in [1.165, 1.54) is 0 Å². The Morgan fingerprint density at radius 1 is 1.15 bits per heavy atom. The van der Waals surface area contributed by atoms with Gasteiger partial charge in [0.15, 0.2) is 0 Å². The third-order valence-electron chi connectivity index (χ3n) is 5.09. The predicted octanol–water partition coefficient (Wildman–Crippen LogP) is 4.53. The summed E-state index contributed by atoms with van der Waals surface area (Å²) in [5.74, 6) is 0.0423. The molecule has 0 aromatic heterocycles. The molecule has 0 bridgehead atoms. The summed E-state index contributed by atoms with van der Waals surface area (Å²) in [6, 6.07) is 13.5. The summed E-state index contributed by atoms with van der Waals surface area (Å²) in [4.78, 5) is 40.5. The molecular weight excluding hydrogens is 623 g/mol. The quantitative estimate of drug-likeness (QED) is 0.341. The number of hydrogen-bond acceptors (Lipinski definition) is 6. The van der Waals surface area contributed by atoms with E-state index >= 15 is 0 Å². The summed E-state index contributed by atoms with van der Waals surface area (Å²) in [5, 5.41) is -0.433. The van der Waals surface area contributed by atoms with Crippen LogP contribution in [0.4, 0.5) is 4.79 Å². The number of carbonyl (C=O) groups is 3. The topological polar surface area (TPSA) is 76.2 Å². The molecular formula is C23H20BrIN2O5S. The number of ether oxygens (including phenoxy) is 2. The summed E-state index contributed by atoms with van der Waals surface area (Å²) < 4.78 is 13.1. The van der Waals surface area contributed by atoms with Crippen LogP contribution in [0.2, 0.25) is 0 Å². The molecule has 2 aliphatic heterocycles. The van der Waals surface area contributed by atoms with E-state index in [9.17, 15) is 14.4 Å². The van der Waals surface area contributed by atoms with Crippen LogP contribution in [0.5, 0.6) is 5.75 Å². The van der Waals surface area contributed by atoms with Crippen molar-refractivity contribution in [3.8, 4) is 5.75 Å². The number of morpholine rings is 1. The molecule has 2 saturated heterocycles. The molecule has 33 heavy (non-hydrogen) atoms. The van der Waals surface area contributed by atoms with Gasteiger partial charge in [0, 0.05) is 17.6 Å². The Bertz CT molecular complexity index is 1100. The fourth-order valence-corrected chi connectivity index (χ4v) is 5.10. The first-order valence-corrected chi connectivity index (χ1v) is 12.9. The van der Waals surface area contributed by atoms with Gasteiger partial charge in [-0.3, -0.25) is 19.3 Å². The van der Waals surface area contributed by atoms with Crippen LogP contribution in [0, 0.1) is 3.57 Å². The normalized spacial score (nSPS) is 17.7. The molecule has 2 aliphatic rings. The zero-order valence-corrected chi connectivity index (χ0v) is 22.0.